The van der Waals surface area contributed by atoms with Crippen molar-refractivity contribution in [3.05, 3.63) is 65.7 Å². The molecule has 6 heteroatoms. The lowest BCUT2D eigenvalue weighted by atomic mass is 9.88. The summed E-state index contributed by atoms with van der Waals surface area (Å²) in [5.41, 5.74) is 1.99. The number of carbonyl (C=O) groups excluding carboxylic acids is 3. The van der Waals surface area contributed by atoms with E-state index in [1.807, 2.05) is 58.3 Å². The number of piperidine rings is 1. The largest absolute Gasteiger partial charge is 0.338 e. The first-order valence-electron chi connectivity index (χ1n) is 13.1. The Kier molecular flexibility index (Phi) is 8.56. The van der Waals surface area contributed by atoms with Crippen LogP contribution in [0.2, 0.25) is 0 Å². The fraction of sp³-hybridized carbons (Fsp3) is 0.483. The summed E-state index contributed by atoms with van der Waals surface area (Å²) in [7, 11) is 0. The van der Waals surface area contributed by atoms with Crippen LogP contribution in [0.3, 0.4) is 0 Å². The molecule has 1 N–H and O–H groups in total. The number of benzene rings is 2. The fourth-order valence-electron chi connectivity index (χ4n) is 5.34. The molecule has 2 aromatic carbocycles. The van der Waals surface area contributed by atoms with Crippen molar-refractivity contribution in [1.82, 2.24) is 9.80 Å². The van der Waals surface area contributed by atoms with E-state index in [1.165, 1.54) is 6.42 Å². The molecule has 1 aliphatic heterocycles. The van der Waals surface area contributed by atoms with Crippen LogP contribution in [-0.4, -0.2) is 53.2 Å². The number of likely N-dealkylation sites (tertiary alicyclic amines) is 1. The average molecular weight is 476 g/mol. The molecule has 2 aromatic rings. The molecule has 1 heterocycles. The highest BCUT2D eigenvalue weighted by Crippen LogP contribution is 2.26. The Morgan fingerprint density at radius 3 is 2.26 bits per heavy atom. The second-order valence-corrected chi connectivity index (χ2v) is 9.79. The third kappa shape index (κ3) is 6.30. The monoisotopic (exact) mass is 475 g/mol. The maximum absolute atomic E-state index is 13.5. The summed E-state index contributed by atoms with van der Waals surface area (Å²) in [6.07, 6.45) is 7.72. The quantitative estimate of drug-likeness (QED) is 0.586. The zero-order valence-electron chi connectivity index (χ0n) is 20.7. The van der Waals surface area contributed by atoms with E-state index in [9.17, 15) is 14.4 Å². The minimum Gasteiger partial charge on any atom is -0.338 e. The van der Waals surface area contributed by atoms with E-state index in [1.54, 1.807) is 6.07 Å². The Balaban J connectivity index is 1.39. The van der Waals surface area contributed by atoms with Gasteiger partial charge in [-0.1, -0.05) is 50.5 Å². The van der Waals surface area contributed by atoms with Gasteiger partial charge in [-0.05, 0) is 62.4 Å². The molecule has 0 bridgehead atoms. The first-order valence-corrected chi connectivity index (χ1v) is 13.1. The van der Waals surface area contributed by atoms with Crippen LogP contribution in [0.4, 0.5) is 5.69 Å². The summed E-state index contributed by atoms with van der Waals surface area (Å²) >= 11 is 0. The van der Waals surface area contributed by atoms with Crippen molar-refractivity contribution >= 4 is 23.4 Å². The SMILES string of the molecule is CCCN(C(=O)c1cccc(NC(=O)C2CCCCC2)c1)C1CCN(C(=O)c2ccccc2)CC1. The Labute approximate surface area is 208 Å². The number of nitrogens with zero attached hydrogens (tertiary/aromatic N) is 2. The number of anilines is 1. The zero-order chi connectivity index (χ0) is 24.6. The van der Waals surface area contributed by atoms with Crippen LogP contribution >= 0.6 is 0 Å². The van der Waals surface area contributed by atoms with Gasteiger partial charge in [0, 0.05) is 48.4 Å². The van der Waals surface area contributed by atoms with Crippen molar-refractivity contribution in [3.8, 4) is 0 Å². The highest BCUT2D eigenvalue weighted by Gasteiger charge is 2.30. The fourth-order valence-corrected chi connectivity index (χ4v) is 5.34. The molecule has 0 radical (unpaired) electrons. The zero-order valence-corrected chi connectivity index (χ0v) is 20.7. The maximum atomic E-state index is 13.5. The number of nitrogens with one attached hydrogen (secondary N) is 1. The molecule has 0 unspecified atom stereocenters. The molecule has 2 fully saturated rings. The van der Waals surface area contributed by atoms with Crippen molar-refractivity contribution in [2.75, 3.05) is 25.0 Å². The van der Waals surface area contributed by atoms with Crippen LogP contribution in [0.1, 0.15) is 79.0 Å². The van der Waals surface area contributed by atoms with Gasteiger partial charge in [-0.15, -0.1) is 0 Å². The summed E-state index contributed by atoms with van der Waals surface area (Å²) in [6, 6.07) is 16.8. The highest BCUT2D eigenvalue weighted by atomic mass is 16.2. The van der Waals surface area contributed by atoms with Gasteiger partial charge in [0.15, 0.2) is 0 Å². The van der Waals surface area contributed by atoms with Crippen molar-refractivity contribution in [3.63, 3.8) is 0 Å². The summed E-state index contributed by atoms with van der Waals surface area (Å²) in [5.74, 6) is 0.186. The summed E-state index contributed by atoms with van der Waals surface area (Å²) < 4.78 is 0. The van der Waals surface area contributed by atoms with Crippen molar-refractivity contribution in [1.29, 1.82) is 0 Å². The molecule has 0 atom stereocenters. The maximum Gasteiger partial charge on any atom is 0.254 e. The van der Waals surface area contributed by atoms with Crippen LogP contribution < -0.4 is 5.32 Å². The van der Waals surface area contributed by atoms with E-state index in [0.29, 0.717) is 36.4 Å². The number of carbonyl (C=O) groups is 3. The number of hydrogen-bond acceptors (Lipinski definition) is 3. The van der Waals surface area contributed by atoms with E-state index >= 15 is 0 Å². The molecule has 6 nitrogen and oxygen atoms in total. The van der Waals surface area contributed by atoms with E-state index in [2.05, 4.69) is 12.2 Å². The summed E-state index contributed by atoms with van der Waals surface area (Å²) in [4.78, 5) is 42.9. The summed E-state index contributed by atoms with van der Waals surface area (Å²) in [6.45, 7) is 4.04. The minimum atomic E-state index is -0.00606. The van der Waals surface area contributed by atoms with Gasteiger partial charge in [0.2, 0.25) is 5.91 Å². The molecule has 4 rings (SSSR count). The van der Waals surface area contributed by atoms with Crippen molar-refractivity contribution in [2.45, 2.75) is 64.3 Å². The molecule has 3 amide bonds. The first-order chi connectivity index (χ1) is 17.1. The third-order valence-corrected chi connectivity index (χ3v) is 7.29. The molecule has 2 aliphatic rings. The second-order valence-electron chi connectivity index (χ2n) is 9.79. The van der Waals surface area contributed by atoms with Crippen LogP contribution in [0.15, 0.2) is 54.6 Å². The Hall–Kier alpha value is -3.15. The molecule has 1 saturated heterocycles. The van der Waals surface area contributed by atoms with Gasteiger partial charge in [0.1, 0.15) is 0 Å². The molecule has 35 heavy (non-hydrogen) atoms. The van der Waals surface area contributed by atoms with Crippen LogP contribution in [-0.2, 0) is 4.79 Å². The predicted octanol–water partition coefficient (Wildman–Crippen LogP) is 5.36. The minimum absolute atomic E-state index is 0.00606. The Morgan fingerprint density at radius 1 is 0.886 bits per heavy atom. The molecule has 0 spiro atoms. The van der Waals surface area contributed by atoms with Gasteiger partial charge in [0.05, 0.1) is 0 Å². The predicted molar refractivity (Wildman–Crippen MR) is 138 cm³/mol. The number of hydrogen-bond donors (Lipinski definition) is 1. The van der Waals surface area contributed by atoms with Gasteiger partial charge in [-0.3, -0.25) is 14.4 Å². The molecule has 1 saturated carbocycles. The van der Waals surface area contributed by atoms with E-state index in [4.69, 9.17) is 0 Å². The standard InChI is InChI=1S/C29H37N3O3/c1-2-18-32(26-16-19-31(20-17-26)28(34)23-12-7-4-8-13-23)29(35)24-14-9-15-25(21-24)30-27(33)22-10-5-3-6-11-22/h4,7-9,12-15,21-22,26H,2-3,5-6,10-11,16-20H2,1H3,(H,30,33). The average Bonchev–Trinajstić information content (AvgIpc) is 2.92. The van der Waals surface area contributed by atoms with Gasteiger partial charge in [-0.2, -0.15) is 0 Å². The normalized spacial score (nSPS) is 17.1. The van der Waals surface area contributed by atoms with Crippen LogP contribution in [0.5, 0.6) is 0 Å². The van der Waals surface area contributed by atoms with Crippen molar-refractivity contribution in [2.24, 2.45) is 5.92 Å². The smallest absolute Gasteiger partial charge is 0.254 e. The molecular weight excluding hydrogens is 438 g/mol. The lowest BCUT2D eigenvalue weighted by Gasteiger charge is -2.38. The van der Waals surface area contributed by atoms with Crippen LogP contribution in [0.25, 0.3) is 0 Å². The number of rotatable bonds is 7. The first kappa shape index (κ1) is 25.0. The lowest BCUT2D eigenvalue weighted by molar-refractivity contribution is -0.120. The molecule has 186 valence electrons. The molecule has 0 aromatic heterocycles. The van der Waals surface area contributed by atoms with Crippen LogP contribution in [0, 0.1) is 5.92 Å². The van der Waals surface area contributed by atoms with Gasteiger partial charge < -0.3 is 15.1 Å². The second kappa shape index (κ2) is 12.0. The van der Waals surface area contributed by atoms with E-state index < -0.39 is 0 Å². The number of amides is 3. The third-order valence-electron chi connectivity index (χ3n) is 7.29. The van der Waals surface area contributed by atoms with E-state index in [0.717, 1.165) is 44.9 Å². The highest BCUT2D eigenvalue weighted by molar-refractivity contribution is 5.98. The Morgan fingerprint density at radius 2 is 1.57 bits per heavy atom. The summed E-state index contributed by atoms with van der Waals surface area (Å²) in [5, 5.41) is 3.04. The molecular formula is C29H37N3O3. The Bertz CT molecular complexity index is 1010. The van der Waals surface area contributed by atoms with Crippen molar-refractivity contribution < 1.29 is 14.4 Å². The van der Waals surface area contributed by atoms with E-state index in [-0.39, 0.29) is 29.7 Å². The molecule has 1 aliphatic carbocycles. The van der Waals surface area contributed by atoms with Gasteiger partial charge in [-0.25, -0.2) is 0 Å². The lowest BCUT2D eigenvalue weighted by Crippen LogP contribution is -2.49. The van der Waals surface area contributed by atoms with Gasteiger partial charge >= 0.3 is 0 Å². The van der Waals surface area contributed by atoms with Gasteiger partial charge in [0.25, 0.3) is 11.8 Å². The topological polar surface area (TPSA) is 69.7 Å².